The van der Waals surface area contributed by atoms with Crippen LogP contribution in [0.1, 0.15) is 44.8 Å². The van der Waals surface area contributed by atoms with Crippen LogP contribution in [0.3, 0.4) is 0 Å². The van der Waals surface area contributed by atoms with Gasteiger partial charge in [-0.05, 0) is 45.9 Å². The van der Waals surface area contributed by atoms with Gasteiger partial charge >= 0.3 is 5.97 Å². The van der Waals surface area contributed by atoms with E-state index in [2.05, 4.69) is 4.98 Å². The summed E-state index contributed by atoms with van der Waals surface area (Å²) in [7, 11) is 0. The van der Waals surface area contributed by atoms with Crippen molar-refractivity contribution >= 4 is 22.9 Å². The molecule has 0 aliphatic carbocycles. The summed E-state index contributed by atoms with van der Waals surface area (Å²) in [5, 5.41) is 0.0195. The topological polar surface area (TPSA) is 96.3 Å². The molecule has 0 aliphatic heterocycles. The molecule has 4 aromatic rings. The Morgan fingerprint density at radius 3 is 2.53 bits per heavy atom. The van der Waals surface area contributed by atoms with Gasteiger partial charge in [0.2, 0.25) is 5.71 Å². The molecular formula is C24H23N3O5. The number of rotatable bonds is 6. The monoisotopic (exact) mass is 433 g/mol. The second-order valence-electron chi connectivity index (χ2n) is 7.49. The lowest BCUT2D eigenvalue weighted by Crippen LogP contribution is -2.25. The van der Waals surface area contributed by atoms with Gasteiger partial charge in [0.1, 0.15) is 23.0 Å². The number of aromatic nitrogens is 3. The first-order valence-corrected chi connectivity index (χ1v) is 10.3. The molecule has 1 aromatic carbocycles. The second-order valence-corrected chi connectivity index (χ2v) is 7.49. The van der Waals surface area contributed by atoms with Crippen molar-refractivity contribution in [2.45, 2.75) is 34.2 Å². The molecule has 0 N–H and O–H groups in total. The molecule has 3 aromatic heterocycles. The van der Waals surface area contributed by atoms with Crippen LogP contribution in [-0.2, 0) is 11.3 Å². The van der Waals surface area contributed by atoms with Crippen molar-refractivity contribution in [3.05, 3.63) is 81.4 Å². The van der Waals surface area contributed by atoms with E-state index in [4.69, 9.17) is 9.15 Å². The van der Waals surface area contributed by atoms with Crippen LogP contribution in [0.2, 0.25) is 0 Å². The lowest BCUT2D eigenvalue weighted by atomic mass is 10.1. The van der Waals surface area contributed by atoms with E-state index in [1.807, 2.05) is 54.8 Å². The summed E-state index contributed by atoms with van der Waals surface area (Å²) in [4.78, 5) is 42.7. The van der Waals surface area contributed by atoms with E-state index in [0.29, 0.717) is 5.56 Å². The first-order chi connectivity index (χ1) is 15.3. The highest BCUT2D eigenvalue weighted by atomic mass is 16.5. The molecule has 0 fully saturated rings. The third kappa shape index (κ3) is 3.53. The van der Waals surface area contributed by atoms with Gasteiger partial charge in [-0.1, -0.05) is 18.2 Å². The number of esters is 1. The molecule has 0 radical (unpaired) electrons. The lowest BCUT2D eigenvalue weighted by Gasteiger charge is -2.10. The number of aryl methyl sites for hydroxylation is 2. The number of furan rings is 1. The number of ketones is 1. The van der Waals surface area contributed by atoms with Crippen molar-refractivity contribution < 1.29 is 18.7 Å². The predicted octanol–water partition coefficient (Wildman–Crippen LogP) is 3.77. The van der Waals surface area contributed by atoms with E-state index in [-0.39, 0.29) is 41.4 Å². The molecule has 0 aliphatic rings. The average molecular weight is 433 g/mol. The van der Waals surface area contributed by atoms with Crippen molar-refractivity contribution in [1.29, 1.82) is 0 Å². The van der Waals surface area contributed by atoms with Gasteiger partial charge in [0.05, 0.1) is 13.2 Å². The van der Waals surface area contributed by atoms with Crippen LogP contribution < -0.4 is 5.56 Å². The van der Waals surface area contributed by atoms with Gasteiger partial charge in [-0.25, -0.2) is 9.78 Å². The summed E-state index contributed by atoms with van der Waals surface area (Å²) in [5.41, 5.74) is 2.73. The number of benzene rings is 1. The molecule has 8 nitrogen and oxygen atoms in total. The lowest BCUT2D eigenvalue weighted by molar-refractivity contribution is 0.0526. The van der Waals surface area contributed by atoms with Crippen LogP contribution in [0.15, 0.2) is 51.9 Å². The van der Waals surface area contributed by atoms with Gasteiger partial charge in [0.15, 0.2) is 5.78 Å². The van der Waals surface area contributed by atoms with E-state index >= 15 is 0 Å². The molecule has 0 bridgehead atoms. The minimum atomic E-state index is -0.655. The summed E-state index contributed by atoms with van der Waals surface area (Å²) in [5.74, 6) is -0.641. The van der Waals surface area contributed by atoms with Crippen LogP contribution in [0, 0.1) is 20.8 Å². The first-order valence-electron chi connectivity index (χ1n) is 10.3. The summed E-state index contributed by atoms with van der Waals surface area (Å²) in [6.45, 7) is 6.99. The van der Waals surface area contributed by atoms with Crippen LogP contribution >= 0.6 is 0 Å². The Kier molecular flexibility index (Phi) is 5.52. The third-order valence-electron chi connectivity index (χ3n) is 5.39. The van der Waals surface area contributed by atoms with Gasteiger partial charge < -0.3 is 13.7 Å². The number of hydrogen-bond donors (Lipinski definition) is 0. The molecule has 3 heterocycles. The minimum Gasteiger partial charge on any atom is -0.462 e. The van der Waals surface area contributed by atoms with Crippen molar-refractivity contribution in [2.24, 2.45) is 0 Å². The Bertz CT molecular complexity index is 1390. The summed E-state index contributed by atoms with van der Waals surface area (Å²) >= 11 is 0. The Morgan fingerprint density at radius 2 is 1.84 bits per heavy atom. The zero-order valence-electron chi connectivity index (χ0n) is 18.3. The van der Waals surface area contributed by atoms with Gasteiger partial charge in [-0.15, -0.1) is 0 Å². The molecule has 4 rings (SSSR count). The van der Waals surface area contributed by atoms with Crippen LogP contribution in [0.4, 0.5) is 0 Å². The fourth-order valence-corrected chi connectivity index (χ4v) is 3.96. The molecular weight excluding hydrogens is 410 g/mol. The molecule has 32 heavy (non-hydrogen) atoms. The maximum atomic E-state index is 13.1. The van der Waals surface area contributed by atoms with E-state index in [9.17, 15) is 14.4 Å². The number of hydrogen-bond acceptors (Lipinski definition) is 6. The molecule has 0 atom stereocenters. The van der Waals surface area contributed by atoms with Gasteiger partial charge in [-0.3, -0.25) is 14.2 Å². The number of Topliss-reactive ketones (excluding diaryl/α,β-unsaturated/α-hetero) is 1. The Balaban J connectivity index is 1.73. The molecule has 164 valence electrons. The highest BCUT2D eigenvalue weighted by Gasteiger charge is 2.25. The van der Waals surface area contributed by atoms with Crippen molar-refractivity contribution in [2.75, 3.05) is 6.61 Å². The van der Waals surface area contributed by atoms with E-state index in [1.165, 1.54) is 10.9 Å². The molecule has 0 saturated carbocycles. The van der Waals surface area contributed by atoms with Crippen molar-refractivity contribution in [1.82, 2.24) is 14.1 Å². The number of nitrogens with zero attached hydrogens (tertiary/aromatic N) is 3. The summed E-state index contributed by atoms with van der Waals surface area (Å²) in [6.07, 6.45) is 1.26. The zero-order chi connectivity index (χ0) is 23.0. The molecule has 8 heteroatoms. The van der Waals surface area contributed by atoms with Crippen LogP contribution in [0.5, 0.6) is 0 Å². The predicted molar refractivity (Wildman–Crippen MR) is 119 cm³/mol. The average Bonchev–Trinajstić information content (AvgIpc) is 3.26. The molecule has 0 saturated heterocycles. The fourth-order valence-electron chi connectivity index (χ4n) is 3.96. The van der Waals surface area contributed by atoms with Crippen molar-refractivity contribution in [3.8, 4) is 5.69 Å². The smallest absolute Gasteiger partial charge is 0.342 e. The van der Waals surface area contributed by atoms with Gasteiger partial charge in [-0.2, -0.15) is 0 Å². The van der Waals surface area contributed by atoms with Crippen LogP contribution in [0.25, 0.3) is 16.8 Å². The Morgan fingerprint density at radius 1 is 1.12 bits per heavy atom. The fraction of sp³-hybridized carbons (Fsp3) is 0.250. The van der Waals surface area contributed by atoms with E-state index in [1.54, 1.807) is 13.8 Å². The minimum absolute atomic E-state index is 0.0195. The quantitative estimate of drug-likeness (QED) is 0.339. The van der Waals surface area contributed by atoms with Crippen molar-refractivity contribution in [3.63, 3.8) is 0 Å². The van der Waals surface area contributed by atoms with E-state index in [0.717, 1.165) is 17.1 Å². The molecule has 0 spiro atoms. The maximum absolute atomic E-state index is 13.1. The van der Waals surface area contributed by atoms with Gasteiger partial charge in [0, 0.05) is 22.6 Å². The zero-order valence-corrected chi connectivity index (χ0v) is 18.3. The largest absolute Gasteiger partial charge is 0.462 e. The number of para-hydroxylation sites is 1. The highest BCUT2D eigenvalue weighted by molar-refractivity contribution is 6.03. The Labute approximate surface area is 184 Å². The number of carbonyl (C=O) groups is 2. The summed E-state index contributed by atoms with van der Waals surface area (Å²) < 4.78 is 13.7. The highest BCUT2D eigenvalue weighted by Crippen LogP contribution is 2.23. The molecule has 0 amide bonds. The van der Waals surface area contributed by atoms with Crippen LogP contribution in [-0.4, -0.2) is 32.5 Å². The standard InChI is InChI=1S/C24H23N3O5/c1-5-31-24(30)20-16(4)32-22-21(20)23(29)26(13-25-22)12-19(28)18-11-14(2)27(15(18)3)17-9-7-6-8-10-17/h6-11,13H,5,12H2,1-4H3. The third-order valence-corrected chi connectivity index (χ3v) is 5.39. The number of carbonyl (C=O) groups excluding carboxylic acids is 2. The maximum Gasteiger partial charge on any atom is 0.342 e. The number of fused-ring (bicyclic) bond motifs is 1. The van der Waals surface area contributed by atoms with E-state index < -0.39 is 11.5 Å². The van der Waals surface area contributed by atoms with Gasteiger partial charge in [0.25, 0.3) is 5.56 Å². The first kappa shape index (κ1) is 21.3. The summed E-state index contributed by atoms with van der Waals surface area (Å²) in [6, 6.07) is 11.5. The normalized spacial score (nSPS) is 11.1. The second kappa shape index (κ2) is 8.30. The number of ether oxygens (including phenoxy) is 1. The Hall–Kier alpha value is -3.94. The SMILES string of the molecule is CCOC(=O)c1c(C)oc2ncn(CC(=O)c3cc(C)n(-c4ccccc4)c3C)c(=O)c12. The molecule has 0 unspecified atom stereocenters.